The van der Waals surface area contributed by atoms with Crippen LogP contribution in [0, 0.1) is 11.8 Å². The lowest BCUT2D eigenvalue weighted by atomic mass is 9.93. The first kappa shape index (κ1) is 18.5. The highest BCUT2D eigenvalue weighted by molar-refractivity contribution is 5.93. The minimum atomic E-state index is 0.125. The molecule has 3 aliphatic rings. The van der Waals surface area contributed by atoms with Gasteiger partial charge in [0.25, 0.3) is 0 Å². The van der Waals surface area contributed by atoms with Gasteiger partial charge >= 0.3 is 0 Å². The predicted molar refractivity (Wildman–Crippen MR) is 104 cm³/mol. The van der Waals surface area contributed by atoms with Gasteiger partial charge in [-0.05, 0) is 44.4 Å². The molecule has 0 spiro atoms. The van der Waals surface area contributed by atoms with Crippen LogP contribution in [0.5, 0.6) is 0 Å². The molecule has 2 amide bonds. The highest BCUT2D eigenvalue weighted by Crippen LogP contribution is 2.33. The molecule has 0 bridgehead atoms. The maximum absolute atomic E-state index is 12.7. The van der Waals surface area contributed by atoms with Crippen LogP contribution in [0.4, 0.5) is 5.69 Å². The number of H-pyrrole nitrogens is 1. The van der Waals surface area contributed by atoms with Crippen LogP contribution in [0.3, 0.4) is 0 Å². The fourth-order valence-electron chi connectivity index (χ4n) is 5.16. The lowest BCUT2D eigenvalue weighted by molar-refractivity contribution is -0.133. The normalized spacial score (nSPS) is 24.4. The number of nitrogens with one attached hydrogen (secondary N) is 2. The number of nitrogens with zero attached hydrogens (tertiary/aromatic N) is 2. The van der Waals surface area contributed by atoms with Crippen LogP contribution in [0.1, 0.15) is 82.2 Å². The molecular weight excluding hydrogens is 340 g/mol. The van der Waals surface area contributed by atoms with Gasteiger partial charge < -0.3 is 10.2 Å². The Morgan fingerprint density at radius 2 is 1.81 bits per heavy atom. The standard InChI is InChI=1S/C21H32N4O2/c26-19(12-15-6-1-2-7-15)25-11-5-10-17(14-25)20-18(13-22-24-20)23-21(27)16-8-3-4-9-16/h13,15-17H,1-12,14H2,(H,22,24)(H,23,27)/t17-/m1/s1. The Labute approximate surface area is 161 Å². The van der Waals surface area contributed by atoms with Crippen molar-refractivity contribution in [3.05, 3.63) is 11.9 Å². The van der Waals surface area contributed by atoms with Crippen LogP contribution >= 0.6 is 0 Å². The summed E-state index contributed by atoms with van der Waals surface area (Å²) in [6.07, 6.45) is 13.7. The highest BCUT2D eigenvalue weighted by Gasteiger charge is 2.30. The Hall–Kier alpha value is -1.85. The van der Waals surface area contributed by atoms with Gasteiger partial charge in [0.15, 0.2) is 0 Å². The van der Waals surface area contributed by atoms with Gasteiger partial charge in [-0.3, -0.25) is 14.7 Å². The molecule has 1 aliphatic heterocycles. The first-order valence-electron chi connectivity index (χ1n) is 10.8. The van der Waals surface area contributed by atoms with Gasteiger partial charge in [-0.15, -0.1) is 0 Å². The minimum absolute atomic E-state index is 0.125. The summed E-state index contributed by atoms with van der Waals surface area (Å²) < 4.78 is 0. The summed E-state index contributed by atoms with van der Waals surface area (Å²) in [6.45, 7) is 1.60. The number of hydrogen-bond donors (Lipinski definition) is 2. The molecule has 1 aromatic rings. The molecule has 2 saturated carbocycles. The van der Waals surface area contributed by atoms with Crippen LogP contribution in [-0.2, 0) is 9.59 Å². The second kappa shape index (κ2) is 8.44. The van der Waals surface area contributed by atoms with E-state index in [1.165, 1.54) is 25.7 Å². The number of rotatable bonds is 5. The first-order chi connectivity index (χ1) is 13.2. The van der Waals surface area contributed by atoms with E-state index in [1.54, 1.807) is 6.20 Å². The number of piperidine rings is 1. The molecule has 2 N–H and O–H groups in total. The Morgan fingerprint density at radius 3 is 2.59 bits per heavy atom. The van der Waals surface area contributed by atoms with Crippen molar-refractivity contribution in [2.45, 2.75) is 76.5 Å². The number of carbonyl (C=O) groups is 2. The molecule has 6 heteroatoms. The van der Waals surface area contributed by atoms with Crippen molar-refractivity contribution < 1.29 is 9.59 Å². The van der Waals surface area contributed by atoms with Gasteiger partial charge in [-0.2, -0.15) is 5.10 Å². The number of amides is 2. The van der Waals surface area contributed by atoms with E-state index in [1.807, 2.05) is 4.90 Å². The molecule has 0 unspecified atom stereocenters. The minimum Gasteiger partial charge on any atom is -0.342 e. The average molecular weight is 373 g/mol. The van der Waals surface area contributed by atoms with Crippen molar-refractivity contribution in [1.29, 1.82) is 0 Å². The zero-order valence-corrected chi connectivity index (χ0v) is 16.2. The van der Waals surface area contributed by atoms with E-state index >= 15 is 0 Å². The van der Waals surface area contributed by atoms with E-state index < -0.39 is 0 Å². The van der Waals surface area contributed by atoms with Crippen molar-refractivity contribution in [3.8, 4) is 0 Å². The van der Waals surface area contributed by atoms with Crippen LogP contribution in [0.2, 0.25) is 0 Å². The Balaban J connectivity index is 1.37. The van der Waals surface area contributed by atoms with Crippen LogP contribution in [0.15, 0.2) is 6.20 Å². The van der Waals surface area contributed by atoms with Gasteiger partial charge in [0, 0.05) is 31.3 Å². The molecule has 1 saturated heterocycles. The van der Waals surface area contributed by atoms with Crippen LogP contribution in [0.25, 0.3) is 0 Å². The molecule has 4 rings (SSSR count). The van der Waals surface area contributed by atoms with E-state index in [9.17, 15) is 9.59 Å². The predicted octanol–water partition coefficient (Wildman–Crippen LogP) is 3.82. The second-order valence-corrected chi connectivity index (χ2v) is 8.70. The third kappa shape index (κ3) is 4.36. The fraction of sp³-hybridized carbons (Fsp3) is 0.762. The van der Waals surface area contributed by atoms with Gasteiger partial charge in [0.05, 0.1) is 17.6 Å². The zero-order valence-electron chi connectivity index (χ0n) is 16.2. The second-order valence-electron chi connectivity index (χ2n) is 8.70. The number of likely N-dealkylation sites (tertiary alicyclic amines) is 1. The van der Waals surface area contributed by atoms with E-state index in [0.29, 0.717) is 18.2 Å². The maximum Gasteiger partial charge on any atom is 0.227 e. The van der Waals surface area contributed by atoms with E-state index in [-0.39, 0.29) is 17.7 Å². The Kier molecular flexibility index (Phi) is 5.79. The Morgan fingerprint density at radius 1 is 1.07 bits per heavy atom. The molecule has 2 aliphatic carbocycles. The lowest BCUT2D eigenvalue weighted by Gasteiger charge is -2.33. The number of carbonyl (C=O) groups excluding carboxylic acids is 2. The average Bonchev–Trinajstić information content (AvgIpc) is 3.44. The van der Waals surface area contributed by atoms with Crippen molar-refractivity contribution >= 4 is 17.5 Å². The molecule has 148 valence electrons. The topological polar surface area (TPSA) is 78.1 Å². The highest BCUT2D eigenvalue weighted by atomic mass is 16.2. The molecule has 1 aromatic heterocycles. The molecule has 6 nitrogen and oxygen atoms in total. The summed E-state index contributed by atoms with van der Waals surface area (Å²) in [6, 6.07) is 0. The molecule has 27 heavy (non-hydrogen) atoms. The third-order valence-corrected chi connectivity index (χ3v) is 6.77. The number of hydrogen-bond acceptors (Lipinski definition) is 3. The summed E-state index contributed by atoms with van der Waals surface area (Å²) >= 11 is 0. The van der Waals surface area contributed by atoms with Crippen LogP contribution in [-0.4, -0.2) is 40.0 Å². The van der Waals surface area contributed by atoms with Crippen LogP contribution < -0.4 is 5.32 Å². The smallest absolute Gasteiger partial charge is 0.227 e. The van der Waals surface area contributed by atoms with Crippen molar-refractivity contribution in [3.63, 3.8) is 0 Å². The van der Waals surface area contributed by atoms with Gasteiger partial charge in [-0.1, -0.05) is 25.7 Å². The lowest BCUT2D eigenvalue weighted by Crippen LogP contribution is -2.40. The summed E-state index contributed by atoms with van der Waals surface area (Å²) in [5.74, 6) is 1.39. The summed E-state index contributed by atoms with van der Waals surface area (Å²) in [5.41, 5.74) is 1.79. The van der Waals surface area contributed by atoms with Crippen molar-refractivity contribution in [1.82, 2.24) is 15.1 Å². The van der Waals surface area contributed by atoms with Crippen molar-refractivity contribution in [2.24, 2.45) is 11.8 Å². The molecule has 3 fully saturated rings. The quantitative estimate of drug-likeness (QED) is 0.825. The fourth-order valence-corrected chi connectivity index (χ4v) is 5.16. The van der Waals surface area contributed by atoms with Gasteiger partial charge in [-0.25, -0.2) is 0 Å². The molecule has 0 aromatic carbocycles. The first-order valence-corrected chi connectivity index (χ1v) is 10.8. The largest absolute Gasteiger partial charge is 0.342 e. The number of anilines is 1. The molecule has 0 radical (unpaired) electrons. The SMILES string of the molecule is O=C(Nc1cn[nH]c1[C@@H]1CCCN(C(=O)CC2CCCC2)C1)C1CCCC1. The third-order valence-electron chi connectivity index (χ3n) is 6.77. The van der Waals surface area contributed by atoms with E-state index in [4.69, 9.17) is 0 Å². The summed E-state index contributed by atoms with van der Waals surface area (Å²) in [4.78, 5) is 27.3. The van der Waals surface area contributed by atoms with E-state index in [2.05, 4.69) is 15.5 Å². The number of aromatic amines is 1. The van der Waals surface area contributed by atoms with E-state index in [0.717, 1.165) is 63.0 Å². The summed E-state index contributed by atoms with van der Waals surface area (Å²) in [7, 11) is 0. The molecular formula is C21H32N4O2. The molecule has 1 atom stereocenters. The maximum atomic E-state index is 12.7. The molecule has 2 heterocycles. The summed E-state index contributed by atoms with van der Waals surface area (Å²) in [5, 5.41) is 10.4. The monoisotopic (exact) mass is 372 g/mol. The van der Waals surface area contributed by atoms with Crippen molar-refractivity contribution in [2.75, 3.05) is 18.4 Å². The van der Waals surface area contributed by atoms with Gasteiger partial charge in [0.2, 0.25) is 11.8 Å². The Bertz CT molecular complexity index is 659. The zero-order chi connectivity index (χ0) is 18.6. The number of aromatic nitrogens is 2. The van der Waals surface area contributed by atoms with Gasteiger partial charge in [0.1, 0.15) is 0 Å².